The molecule has 2 aromatic carbocycles. The van der Waals surface area contributed by atoms with Crippen LogP contribution in [0.4, 0.5) is 0 Å². The van der Waals surface area contributed by atoms with Gasteiger partial charge in [0.15, 0.2) is 0 Å². The minimum Gasteiger partial charge on any atom is -0.508 e. The van der Waals surface area contributed by atoms with Crippen molar-refractivity contribution in [1.29, 1.82) is 0 Å². The molecule has 15 heavy (non-hydrogen) atoms. The quantitative estimate of drug-likeness (QED) is 0.786. The zero-order chi connectivity index (χ0) is 10.8. The molecule has 0 bridgehead atoms. The highest BCUT2D eigenvalue weighted by Gasteiger charge is 2.14. The monoisotopic (exact) mass is 240 g/mol. The zero-order valence-corrected chi connectivity index (χ0v) is 9.46. The molecule has 0 fully saturated rings. The van der Waals surface area contributed by atoms with Crippen molar-refractivity contribution in [3.63, 3.8) is 0 Å². The third-order valence-electron chi connectivity index (χ3n) is 2.40. The van der Waals surface area contributed by atoms with E-state index < -0.39 is 0 Å². The Labute approximate surface area is 98.2 Å². The molecule has 0 aromatic heterocycles. The van der Waals surface area contributed by atoms with Crippen molar-refractivity contribution in [3.05, 3.63) is 42.0 Å². The molecule has 0 heterocycles. The number of fused-ring (bicyclic) bond motifs is 1. The molecule has 0 saturated carbocycles. The van der Waals surface area contributed by atoms with Gasteiger partial charge in [-0.1, -0.05) is 30.3 Å². The van der Waals surface area contributed by atoms with E-state index in [0.29, 0.717) is 5.56 Å². The molecular formula is C12H10Cl2O. The van der Waals surface area contributed by atoms with Crippen molar-refractivity contribution in [2.24, 2.45) is 0 Å². The Hall–Kier alpha value is -0.920. The second-order valence-corrected chi connectivity index (χ2v) is 4.18. The molecule has 3 heteroatoms. The predicted molar refractivity (Wildman–Crippen MR) is 64.9 cm³/mol. The van der Waals surface area contributed by atoms with Crippen LogP contribution in [0.25, 0.3) is 10.8 Å². The number of hydrogen-bond acceptors (Lipinski definition) is 1. The SMILES string of the molecule is Oc1ccc2ccccc2c1C(Cl)CCl. The molecule has 0 aliphatic heterocycles. The number of alkyl halides is 2. The maximum atomic E-state index is 9.77. The lowest BCUT2D eigenvalue weighted by Gasteiger charge is -2.12. The summed E-state index contributed by atoms with van der Waals surface area (Å²) in [6, 6.07) is 11.3. The van der Waals surface area contributed by atoms with Crippen LogP contribution >= 0.6 is 23.2 Å². The first kappa shape index (κ1) is 10.6. The van der Waals surface area contributed by atoms with E-state index in [2.05, 4.69) is 0 Å². The van der Waals surface area contributed by atoms with Gasteiger partial charge in [-0.05, 0) is 16.8 Å². The van der Waals surface area contributed by atoms with Crippen LogP contribution in [-0.2, 0) is 0 Å². The molecule has 0 aliphatic rings. The van der Waals surface area contributed by atoms with E-state index in [0.717, 1.165) is 10.8 Å². The van der Waals surface area contributed by atoms with Gasteiger partial charge < -0.3 is 5.11 Å². The Kier molecular flexibility index (Phi) is 3.03. The van der Waals surface area contributed by atoms with Gasteiger partial charge in [-0.3, -0.25) is 0 Å². The summed E-state index contributed by atoms with van der Waals surface area (Å²) in [5.41, 5.74) is 0.713. The molecule has 0 radical (unpaired) electrons. The number of halogens is 2. The van der Waals surface area contributed by atoms with Gasteiger partial charge in [-0.15, -0.1) is 23.2 Å². The number of phenolic OH excluding ortho intramolecular Hbond substituents is 1. The van der Waals surface area contributed by atoms with E-state index in [4.69, 9.17) is 23.2 Å². The molecule has 1 unspecified atom stereocenters. The second kappa shape index (κ2) is 4.30. The molecule has 1 atom stereocenters. The van der Waals surface area contributed by atoms with Crippen molar-refractivity contribution >= 4 is 34.0 Å². The fourth-order valence-electron chi connectivity index (χ4n) is 1.69. The van der Waals surface area contributed by atoms with Crippen LogP contribution in [0.1, 0.15) is 10.9 Å². The minimum absolute atomic E-state index is 0.203. The summed E-state index contributed by atoms with van der Waals surface area (Å²) in [7, 11) is 0. The first-order chi connectivity index (χ1) is 7.24. The smallest absolute Gasteiger partial charge is 0.120 e. The first-order valence-corrected chi connectivity index (χ1v) is 5.62. The van der Waals surface area contributed by atoms with Gasteiger partial charge in [-0.25, -0.2) is 0 Å². The van der Waals surface area contributed by atoms with Gasteiger partial charge in [0.1, 0.15) is 5.75 Å². The number of benzene rings is 2. The van der Waals surface area contributed by atoms with E-state index in [1.807, 2.05) is 30.3 Å². The number of phenols is 1. The van der Waals surface area contributed by atoms with Gasteiger partial charge in [0.25, 0.3) is 0 Å². The Morgan fingerprint density at radius 1 is 1.13 bits per heavy atom. The summed E-state index contributed by atoms with van der Waals surface area (Å²) < 4.78 is 0. The van der Waals surface area contributed by atoms with Gasteiger partial charge in [-0.2, -0.15) is 0 Å². The molecule has 2 aromatic rings. The lowest BCUT2D eigenvalue weighted by molar-refractivity contribution is 0.469. The highest BCUT2D eigenvalue weighted by Crippen LogP contribution is 2.35. The van der Waals surface area contributed by atoms with Crippen molar-refractivity contribution in [3.8, 4) is 5.75 Å². The van der Waals surface area contributed by atoms with Gasteiger partial charge in [0.05, 0.1) is 5.38 Å². The number of rotatable bonds is 2. The minimum atomic E-state index is -0.363. The van der Waals surface area contributed by atoms with E-state index in [9.17, 15) is 5.11 Å². The molecule has 1 nitrogen and oxygen atoms in total. The summed E-state index contributed by atoms with van der Waals surface area (Å²) in [4.78, 5) is 0. The topological polar surface area (TPSA) is 20.2 Å². The normalized spacial score (nSPS) is 12.9. The molecular weight excluding hydrogens is 231 g/mol. The largest absolute Gasteiger partial charge is 0.508 e. The summed E-state index contributed by atoms with van der Waals surface area (Å²) in [5, 5.41) is 11.4. The van der Waals surface area contributed by atoms with Crippen LogP contribution in [0.3, 0.4) is 0 Å². The maximum Gasteiger partial charge on any atom is 0.120 e. The number of aromatic hydroxyl groups is 1. The third kappa shape index (κ3) is 1.90. The lowest BCUT2D eigenvalue weighted by atomic mass is 10.0. The standard InChI is InChI=1S/C12H10Cl2O/c13-7-10(14)12-9-4-2-1-3-8(9)5-6-11(12)15/h1-6,10,15H,7H2. The summed E-state index contributed by atoms with van der Waals surface area (Å²) in [5.74, 6) is 0.484. The first-order valence-electron chi connectivity index (χ1n) is 4.64. The van der Waals surface area contributed by atoms with Crippen LogP contribution in [0.5, 0.6) is 5.75 Å². The van der Waals surface area contributed by atoms with E-state index in [1.165, 1.54) is 0 Å². The average Bonchev–Trinajstić information content (AvgIpc) is 2.28. The van der Waals surface area contributed by atoms with Crippen LogP contribution in [0, 0.1) is 0 Å². The van der Waals surface area contributed by atoms with Crippen LogP contribution in [0.2, 0.25) is 0 Å². The summed E-state index contributed by atoms with van der Waals surface area (Å²) in [6.45, 7) is 0. The third-order valence-corrected chi connectivity index (χ3v) is 3.24. The lowest BCUT2D eigenvalue weighted by Crippen LogP contribution is -1.94. The Morgan fingerprint density at radius 2 is 1.87 bits per heavy atom. The fourth-order valence-corrected chi connectivity index (χ4v) is 2.07. The molecule has 2 rings (SSSR count). The Morgan fingerprint density at radius 3 is 2.60 bits per heavy atom. The van der Waals surface area contributed by atoms with Gasteiger partial charge in [0, 0.05) is 11.4 Å². The highest BCUT2D eigenvalue weighted by atomic mass is 35.5. The maximum absolute atomic E-state index is 9.77. The summed E-state index contributed by atoms with van der Waals surface area (Å²) in [6.07, 6.45) is 0. The van der Waals surface area contributed by atoms with Crippen molar-refractivity contribution in [2.45, 2.75) is 5.38 Å². The van der Waals surface area contributed by atoms with Crippen LogP contribution in [-0.4, -0.2) is 11.0 Å². The summed E-state index contributed by atoms with van der Waals surface area (Å²) >= 11 is 11.8. The predicted octanol–water partition coefficient (Wildman–Crippen LogP) is 4.06. The Balaban J connectivity index is 2.74. The number of hydrogen-bond donors (Lipinski definition) is 1. The molecule has 1 N–H and O–H groups in total. The zero-order valence-electron chi connectivity index (χ0n) is 7.95. The molecule has 0 aliphatic carbocycles. The van der Waals surface area contributed by atoms with E-state index >= 15 is 0 Å². The fraction of sp³-hybridized carbons (Fsp3) is 0.167. The van der Waals surface area contributed by atoms with Crippen LogP contribution in [0.15, 0.2) is 36.4 Å². The highest BCUT2D eigenvalue weighted by molar-refractivity contribution is 6.29. The molecule has 78 valence electrons. The molecule has 0 spiro atoms. The van der Waals surface area contributed by atoms with E-state index in [-0.39, 0.29) is 17.0 Å². The average molecular weight is 241 g/mol. The van der Waals surface area contributed by atoms with Crippen LogP contribution < -0.4 is 0 Å². The van der Waals surface area contributed by atoms with Crippen molar-refractivity contribution in [2.75, 3.05) is 5.88 Å². The van der Waals surface area contributed by atoms with Crippen molar-refractivity contribution < 1.29 is 5.11 Å². The van der Waals surface area contributed by atoms with Gasteiger partial charge in [0.2, 0.25) is 0 Å². The van der Waals surface area contributed by atoms with E-state index in [1.54, 1.807) is 6.07 Å². The Bertz CT molecular complexity index is 482. The molecule has 0 amide bonds. The van der Waals surface area contributed by atoms with Crippen molar-refractivity contribution in [1.82, 2.24) is 0 Å². The second-order valence-electron chi connectivity index (χ2n) is 3.34. The molecule has 0 saturated heterocycles. The van der Waals surface area contributed by atoms with Gasteiger partial charge >= 0.3 is 0 Å².